The van der Waals surface area contributed by atoms with E-state index < -0.39 is 38.3 Å². The average molecular weight is 640 g/mol. The number of nitrogens with one attached hydrogen (secondary N) is 1. The number of amides is 1. The van der Waals surface area contributed by atoms with Crippen molar-refractivity contribution < 1.29 is 31.1 Å². The Morgan fingerprint density at radius 1 is 1.00 bits per heavy atom. The molecule has 1 amide bonds. The summed E-state index contributed by atoms with van der Waals surface area (Å²) in [6.45, 7) is 6.82. The van der Waals surface area contributed by atoms with Crippen LogP contribution in [0, 0.1) is 11.6 Å². The molecule has 45 heavy (non-hydrogen) atoms. The molecule has 0 bridgehead atoms. The lowest BCUT2D eigenvalue weighted by Gasteiger charge is -2.48. The van der Waals surface area contributed by atoms with Gasteiger partial charge in [0.15, 0.2) is 5.83 Å². The number of halogens is 3. The summed E-state index contributed by atoms with van der Waals surface area (Å²) in [6, 6.07) is 9.39. The standard InChI is InChI=1S/C30H28F3N7O4S/c1-18(31)30(41)40-15-22(16-40)38-7-9-39(10-8-38)28-23-11-19(3-5-25(23)35-17-36-28)20-12-26(29(44-2)34-14-20)37-45(42,43)27-6-4-21(32)13-24(27)33/h3-6,11-14,17,22,37H,1,7-10,15-16H2,2H3. The number of nitrogens with zero attached hydrogens (tertiary/aromatic N) is 6. The Balaban J connectivity index is 1.23. The van der Waals surface area contributed by atoms with Gasteiger partial charge in [-0.15, -0.1) is 0 Å². The maximum absolute atomic E-state index is 14.3. The maximum atomic E-state index is 14.3. The van der Waals surface area contributed by atoms with Gasteiger partial charge in [-0.25, -0.2) is 36.5 Å². The van der Waals surface area contributed by atoms with Gasteiger partial charge < -0.3 is 14.5 Å². The number of carbonyl (C=O) groups is 1. The normalized spacial score (nSPS) is 16.0. The number of fused-ring (bicyclic) bond motifs is 1. The summed E-state index contributed by atoms with van der Waals surface area (Å²) >= 11 is 0. The molecule has 0 unspecified atom stereocenters. The van der Waals surface area contributed by atoms with Crippen molar-refractivity contribution in [3.63, 3.8) is 0 Å². The zero-order chi connectivity index (χ0) is 31.9. The summed E-state index contributed by atoms with van der Waals surface area (Å²) in [6.07, 6.45) is 3.02. The molecule has 0 radical (unpaired) electrons. The number of methoxy groups -OCH3 is 1. The van der Waals surface area contributed by atoms with E-state index in [1.165, 1.54) is 30.6 Å². The van der Waals surface area contributed by atoms with Gasteiger partial charge in [-0.1, -0.05) is 12.6 Å². The number of hydrogen-bond acceptors (Lipinski definition) is 9. The zero-order valence-electron chi connectivity index (χ0n) is 24.1. The number of pyridine rings is 1. The highest BCUT2D eigenvalue weighted by molar-refractivity contribution is 7.92. The summed E-state index contributed by atoms with van der Waals surface area (Å²) in [5.74, 6) is -3.06. The van der Waals surface area contributed by atoms with E-state index in [0.717, 1.165) is 36.4 Å². The van der Waals surface area contributed by atoms with Crippen LogP contribution >= 0.6 is 0 Å². The Labute approximate surface area is 257 Å². The molecular weight excluding hydrogens is 611 g/mol. The Hall–Kier alpha value is -4.76. The molecule has 6 rings (SSSR count). The highest BCUT2D eigenvalue weighted by Gasteiger charge is 2.37. The molecule has 0 spiro atoms. The third-order valence-corrected chi connectivity index (χ3v) is 9.33. The smallest absolute Gasteiger partial charge is 0.282 e. The minimum atomic E-state index is -4.45. The minimum Gasteiger partial charge on any atom is -0.480 e. The number of aromatic nitrogens is 3. The number of sulfonamides is 1. The molecule has 2 aromatic heterocycles. The molecule has 2 aliphatic heterocycles. The molecule has 4 aromatic rings. The topological polar surface area (TPSA) is 121 Å². The van der Waals surface area contributed by atoms with Crippen LogP contribution in [0.4, 0.5) is 24.7 Å². The van der Waals surface area contributed by atoms with Gasteiger partial charge >= 0.3 is 0 Å². The van der Waals surface area contributed by atoms with E-state index in [1.54, 1.807) is 0 Å². The van der Waals surface area contributed by atoms with Gasteiger partial charge in [0.05, 0.1) is 12.6 Å². The second-order valence-electron chi connectivity index (χ2n) is 10.7. The first-order valence-corrected chi connectivity index (χ1v) is 15.4. The third kappa shape index (κ3) is 6.00. The highest BCUT2D eigenvalue weighted by Crippen LogP contribution is 2.34. The first-order chi connectivity index (χ1) is 21.5. The lowest BCUT2D eigenvalue weighted by Crippen LogP contribution is -2.64. The number of carbonyl (C=O) groups excluding carboxylic acids is 1. The van der Waals surface area contributed by atoms with Crippen molar-refractivity contribution in [1.82, 2.24) is 24.8 Å². The number of anilines is 2. The van der Waals surface area contributed by atoms with Gasteiger partial charge in [0.25, 0.3) is 15.9 Å². The first-order valence-electron chi connectivity index (χ1n) is 13.9. The minimum absolute atomic E-state index is 0.0356. The molecule has 15 heteroatoms. The lowest BCUT2D eigenvalue weighted by molar-refractivity contribution is -0.136. The fraction of sp³-hybridized carbons (Fsp3) is 0.267. The van der Waals surface area contributed by atoms with E-state index in [-0.39, 0.29) is 17.6 Å². The average Bonchev–Trinajstić information content (AvgIpc) is 2.99. The van der Waals surface area contributed by atoms with Crippen molar-refractivity contribution in [2.45, 2.75) is 10.9 Å². The molecule has 0 saturated carbocycles. The van der Waals surface area contributed by atoms with Crippen molar-refractivity contribution in [2.24, 2.45) is 0 Å². The number of rotatable bonds is 8. The molecule has 2 aromatic carbocycles. The molecule has 2 saturated heterocycles. The monoisotopic (exact) mass is 639 g/mol. The highest BCUT2D eigenvalue weighted by atomic mass is 32.2. The van der Waals surface area contributed by atoms with Crippen molar-refractivity contribution in [3.05, 3.63) is 79.0 Å². The van der Waals surface area contributed by atoms with E-state index in [1.807, 2.05) is 18.2 Å². The molecule has 2 aliphatic rings. The largest absolute Gasteiger partial charge is 0.480 e. The van der Waals surface area contributed by atoms with Crippen LogP contribution in [0.3, 0.4) is 0 Å². The van der Waals surface area contributed by atoms with Gasteiger partial charge in [-0.2, -0.15) is 0 Å². The number of piperazine rings is 1. The molecular formula is C30H28F3N7O4S. The molecule has 11 nitrogen and oxygen atoms in total. The third-order valence-electron chi connectivity index (χ3n) is 7.93. The van der Waals surface area contributed by atoms with Crippen LogP contribution in [0.2, 0.25) is 0 Å². The van der Waals surface area contributed by atoms with Crippen molar-refractivity contribution in [1.29, 1.82) is 0 Å². The van der Waals surface area contributed by atoms with Crippen molar-refractivity contribution in [3.8, 4) is 17.0 Å². The number of likely N-dealkylation sites (tertiary alicyclic amines) is 1. The second kappa shape index (κ2) is 12.0. The predicted molar refractivity (Wildman–Crippen MR) is 161 cm³/mol. The molecule has 0 atom stereocenters. The van der Waals surface area contributed by atoms with Crippen LogP contribution in [0.5, 0.6) is 5.88 Å². The summed E-state index contributed by atoms with van der Waals surface area (Å²) in [5, 5.41) is 0.775. The van der Waals surface area contributed by atoms with E-state index in [4.69, 9.17) is 4.74 Å². The Morgan fingerprint density at radius 2 is 1.76 bits per heavy atom. The summed E-state index contributed by atoms with van der Waals surface area (Å²) in [5.41, 5.74) is 1.90. The summed E-state index contributed by atoms with van der Waals surface area (Å²) in [7, 11) is -3.13. The lowest BCUT2D eigenvalue weighted by atomic mass is 10.0. The second-order valence-corrected chi connectivity index (χ2v) is 12.3. The Kier molecular flexibility index (Phi) is 8.05. The van der Waals surface area contributed by atoms with Crippen molar-refractivity contribution in [2.75, 3.05) is 56.0 Å². The quantitative estimate of drug-likeness (QED) is 0.289. The van der Waals surface area contributed by atoms with Gasteiger partial charge in [0.2, 0.25) is 5.88 Å². The fourth-order valence-corrected chi connectivity index (χ4v) is 6.64. The van der Waals surface area contributed by atoms with Gasteiger partial charge in [0, 0.05) is 68.5 Å². The Morgan fingerprint density at radius 3 is 2.44 bits per heavy atom. The zero-order valence-corrected chi connectivity index (χ0v) is 24.9. The van der Waals surface area contributed by atoms with Gasteiger partial charge in [-0.3, -0.25) is 14.4 Å². The van der Waals surface area contributed by atoms with Crippen LogP contribution in [0.25, 0.3) is 22.0 Å². The van der Waals surface area contributed by atoms with E-state index >= 15 is 0 Å². The fourth-order valence-electron chi connectivity index (χ4n) is 5.54. The van der Waals surface area contributed by atoms with Crippen LogP contribution in [-0.2, 0) is 14.8 Å². The first kappa shape index (κ1) is 30.3. The van der Waals surface area contributed by atoms with E-state index in [2.05, 4.69) is 36.1 Å². The summed E-state index contributed by atoms with van der Waals surface area (Å²) < 4.78 is 74.4. The number of benzene rings is 2. The Bertz CT molecular complexity index is 1910. The SMILES string of the molecule is C=C(F)C(=O)N1CC(N2CCN(c3ncnc4ccc(-c5cnc(OC)c(NS(=O)(=O)c6ccc(F)cc6F)c5)cc34)CC2)C1. The van der Waals surface area contributed by atoms with Crippen LogP contribution < -0.4 is 14.4 Å². The number of hydrogen-bond donors (Lipinski definition) is 1. The van der Waals surface area contributed by atoms with E-state index in [0.29, 0.717) is 48.9 Å². The molecule has 0 aliphatic carbocycles. The van der Waals surface area contributed by atoms with Crippen LogP contribution in [0.1, 0.15) is 0 Å². The molecule has 2 fully saturated rings. The molecule has 1 N–H and O–H groups in total. The number of ether oxygens (including phenoxy) is 1. The predicted octanol–water partition coefficient (Wildman–Crippen LogP) is 3.60. The summed E-state index contributed by atoms with van der Waals surface area (Å²) in [4.78, 5) is 30.2. The molecule has 234 valence electrons. The van der Waals surface area contributed by atoms with Gasteiger partial charge in [0.1, 0.15) is 34.4 Å². The van der Waals surface area contributed by atoms with Gasteiger partial charge in [-0.05, 0) is 35.9 Å². The van der Waals surface area contributed by atoms with Crippen molar-refractivity contribution >= 4 is 38.3 Å². The maximum Gasteiger partial charge on any atom is 0.282 e. The molecule has 4 heterocycles. The van der Waals surface area contributed by atoms with Crippen LogP contribution in [-0.4, -0.2) is 91.5 Å². The van der Waals surface area contributed by atoms with E-state index in [9.17, 15) is 26.4 Å². The van der Waals surface area contributed by atoms with Crippen LogP contribution in [0.15, 0.2) is 72.3 Å².